The Morgan fingerprint density at radius 2 is 1.39 bits per heavy atom. The summed E-state index contributed by atoms with van der Waals surface area (Å²) >= 11 is 0. The van der Waals surface area contributed by atoms with Gasteiger partial charge >= 0.3 is 20.5 Å². The van der Waals surface area contributed by atoms with E-state index in [0.29, 0.717) is 6.42 Å². The molecule has 1 atom stereocenters. The van der Waals surface area contributed by atoms with Gasteiger partial charge in [0.05, 0.1) is 0 Å². The molecule has 0 radical (unpaired) electrons. The van der Waals surface area contributed by atoms with E-state index in [-0.39, 0.29) is 0 Å². The average molecular weight is 379 g/mol. The molecule has 6 nitrogen and oxygen atoms in total. The molecule has 0 aliphatic carbocycles. The zero-order valence-electron chi connectivity index (χ0n) is 15.4. The van der Waals surface area contributed by atoms with Gasteiger partial charge in [-0.15, -0.1) is 0 Å². The van der Waals surface area contributed by atoms with Crippen LogP contribution in [0.5, 0.6) is 0 Å². The van der Waals surface area contributed by atoms with Gasteiger partial charge in [0.2, 0.25) is 0 Å². The molecule has 0 aromatic heterocycles. The third-order valence-corrected chi connectivity index (χ3v) is 12.4. The Bertz CT molecular complexity index is 434. The monoisotopic (exact) mass is 378 g/mol. The zero-order valence-corrected chi connectivity index (χ0v) is 18.4. The Kier molecular flexibility index (Phi) is 8.11. The summed E-state index contributed by atoms with van der Waals surface area (Å²) in [5, 5.41) is 8.60. The van der Waals surface area contributed by atoms with Crippen molar-refractivity contribution in [3.63, 3.8) is 0 Å². The van der Waals surface area contributed by atoms with Gasteiger partial charge in [0.1, 0.15) is 5.73 Å². The molecule has 0 aromatic rings. The van der Waals surface area contributed by atoms with Gasteiger partial charge in [-0.3, -0.25) is 0 Å². The quantitative estimate of drug-likeness (QED) is 0.377. The lowest BCUT2D eigenvalue weighted by Crippen LogP contribution is -2.60. The summed E-state index contributed by atoms with van der Waals surface area (Å²) in [6.45, 7) is 16.3. The van der Waals surface area contributed by atoms with E-state index in [0.717, 1.165) is 12.2 Å². The number of hydrogen-bond acceptors (Lipinski definition) is 5. The summed E-state index contributed by atoms with van der Waals surface area (Å²) in [6.07, 6.45) is 2.25. The summed E-state index contributed by atoms with van der Waals surface area (Å²) < 4.78 is 18.2. The van der Waals surface area contributed by atoms with Crippen molar-refractivity contribution in [1.82, 2.24) is 0 Å². The van der Waals surface area contributed by atoms with Crippen LogP contribution in [0.3, 0.4) is 0 Å². The minimum Gasteiger partial charge on any atom is -0.478 e. The highest BCUT2D eigenvalue weighted by Crippen LogP contribution is 2.27. The summed E-state index contributed by atoms with van der Waals surface area (Å²) in [5.41, 5.74) is -0.480. The number of carbonyl (C=O) groups excluding carboxylic acids is 1. The Labute approximate surface area is 142 Å². The minimum atomic E-state index is -2.77. The normalized spacial score (nSPS) is 14.8. The van der Waals surface area contributed by atoms with Crippen LogP contribution in [0.2, 0.25) is 45.8 Å². The molecule has 0 spiro atoms. The standard InChI is InChI=1S/C14H30O6Si3/c1-9-14(18-13(17)11-10-12(15)16)23(8,19-21(2,3)4)20-22(5,6)7/h10-11,14H,9H2,1-8H3,(H,15,16). The Morgan fingerprint density at radius 1 is 0.957 bits per heavy atom. The first kappa shape index (κ1) is 22.3. The molecular formula is C14H30O6Si3. The van der Waals surface area contributed by atoms with Crippen molar-refractivity contribution in [2.75, 3.05) is 0 Å². The van der Waals surface area contributed by atoms with E-state index >= 15 is 0 Å². The van der Waals surface area contributed by atoms with Crippen LogP contribution in [0, 0.1) is 0 Å². The second kappa shape index (κ2) is 8.38. The van der Waals surface area contributed by atoms with Crippen LogP contribution in [-0.2, 0) is 22.6 Å². The molecular weight excluding hydrogens is 348 g/mol. The smallest absolute Gasteiger partial charge is 0.356 e. The highest BCUT2D eigenvalue weighted by atomic mass is 28.5. The van der Waals surface area contributed by atoms with Gasteiger partial charge in [-0.25, -0.2) is 9.59 Å². The Morgan fingerprint density at radius 3 is 1.70 bits per heavy atom. The summed E-state index contributed by atoms with van der Waals surface area (Å²) in [6, 6.07) is 0. The fraction of sp³-hybridized carbons (Fsp3) is 0.714. The number of carboxylic acid groups (broad SMARTS) is 1. The molecule has 0 fully saturated rings. The lowest BCUT2D eigenvalue weighted by atomic mass is 10.5. The van der Waals surface area contributed by atoms with Crippen LogP contribution < -0.4 is 0 Å². The molecule has 0 aromatic carbocycles. The van der Waals surface area contributed by atoms with Crippen molar-refractivity contribution in [3.05, 3.63) is 12.2 Å². The van der Waals surface area contributed by atoms with Crippen LogP contribution in [0.15, 0.2) is 12.2 Å². The molecule has 0 amide bonds. The van der Waals surface area contributed by atoms with Crippen molar-refractivity contribution >= 4 is 37.1 Å². The van der Waals surface area contributed by atoms with Gasteiger partial charge in [0, 0.05) is 12.2 Å². The van der Waals surface area contributed by atoms with Crippen LogP contribution in [0.4, 0.5) is 0 Å². The third-order valence-electron chi connectivity index (χ3n) is 2.59. The number of esters is 1. The van der Waals surface area contributed by atoms with Gasteiger partial charge in [-0.1, -0.05) is 6.92 Å². The summed E-state index contributed by atoms with van der Waals surface area (Å²) in [5.74, 6) is -1.87. The Balaban J connectivity index is 5.38. The first-order valence-corrected chi connectivity index (χ1v) is 16.9. The molecule has 23 heavy (non-hydrogen) atoms. The lowest BCUT2D eigenvalue weighted by molar-refractivity contribution is -0.141. The molecule has 0 rings (SSSR count). The predicted molar refractivity (Wildman–Crippen MR) is 97.4 cm³/mol. The highest BCUT2D eigenvalue weighted by Gasteiger charge is 2.48. The number of carboxylic acids is 1. The van der Waals surface area contributed by atoms with E-state index < -0.39 is 42.9 Å². The fourth-order valence-corrected chi connectivity index (χ4v) is 14.6. The van der Waals surface area contributed by atoms with Crippen LogP contribution in [0.25, 0.3) is 0 Å². The highest BCUT2D eigenvalue weighted by molar-refractivity contribution is 6.88. The van der Waals surface area contributed by atoms with E-state index in [1.165, 1.54) is 0 Å². The molecule has 9 heteroatoms. The first-order chi connectivity index (χ1) is 10.2. The van der Waals surface area contributed by atoms with E-state index in [1.807, 2.05) is 13.5 Å². The maximum Gasteiger partial charge on any atom is 0.356 e. The SMILES string of the molecule is CCC(OC(=O)C=CC(=O)O)[Si](C)(O[Si](C)(C)C)O[Si](C)(C)C. The topological polar surface area (TPSA) is 82.1 Å². The number of ether oxygens (including phenoxy) is 1. The molecule has 0 bridgehead atoms. The first-order valence-electron chi connectivity index (χ1n) is 7.70. The second-order valence-electron chi connectivity index (χ2n) is 7.45. The van der Waals surface area contributed by atoms with Crippen LogP contribution in [-0.4, -0.2) is 48.0 Å². The molecule has 1 N–H and O–H groups in total. The van der Waals surface area contributed by atoms with Gasteiger partial charge in [-0.2, -0.15) is 0 Å². The third kappa shape index (κ3) is 9.87. The van der Waals surface area contributed by atoms with Gasteiger partial charge in [0.25, 0.3) is 0 Å². The zero-order chi connectivity index (χ0) is 18.5. The number of hydrogen-bond donors (Lipinski definition) is 1. The van der Waals surface area contributed by atoms with Crippen LogP contribution in [0.1, 0.15) is 13.3 Å². The fourth-order valence-electron chi connectivity index (χ4n) is 2.25. The molecule has 0 heterocycles. The van der Waals surface area contributed by atoms with E-state index in [1.54, 1.807) is 0 Å². The molecule has 0 saturated carbocycles. The number of aliphatic carboxylic acids is 1. The minimum absolute atomic E-state index is 0.480. The van der Waals surface area contributed by atoms with E-state index in [4.69, 9.17) is 18.1 Å². The second-order valence-corrected chi connectivity index (χ2v) is 20.2. The van der Waals surface area contributed by atoms with Crippen molar-refractivity contribution < 1.29 is 27.7 Å². The molecule has 0 aliphatic rings. The van der Waals surface area contributed by atoms with Gasteiger partial charge in [0.15, 0.2) is 16.6 Å². The van der Waals surface area contributed by atoms with Crippen molar-refractivity contribution in [1.29, 1.82) is 0 Å². The average Bonchev–Trinajstić information content (AvgIpc) is 2.28. The van der Waals surface area contributed by atoms with Gasteiger partial charge < -0.3 is 18.1 Å². The largest absolute Gasteiger partial charge is 0.478 e. The van der Waals surface area contributed by atoms with Crippen molar-refractivity contribution in [2.45, 2.75) is 64.9 Å². The summed E-state index contributed by atoms with van der Waals surface area (Å²) in [4.78, 5) is 22.4. The van der Waals surface area contributed by atoms with E-state index in [9.17, 15) is 9.59 Å². The van der Waals surface area contributed by atoms with Gasteiger partial charge in [-0.05, 0) is 52.2 Å². The Hall–Kier alpha value is -0.749. The molecule has 0 aliphatic heterocycles. The molecule has 134 valence electrons. The molecule has 1 unspecified atom stereocenters. The predicted octanol–water partition coefficient (Wildman–Crippen LogP) is 3.26. The van der Waals surface area contributed by atoms with E-state index in [2.05, 4.69) is 39.3 Å². The van der Waals surface area contributed by atoms with Crippen molar-refractivity contribution in [2.24, 2.45) is 0 Å². The van der Waals surface area contributed by atoms with Crippen LogP contribution >= 0.6 is 0 Å². The number of carbonyl (C=O) groups is 2. The number of rotatable bonds is 9. The maximum absolute atomic E-state index is 11.9. The summed E-state index contributed by atoms with van der Waals surface area (Å²) in [7, 11) is -6.58. The molecule has 0 saturated heterocycles. The lowest BCUT2D eigenvalue weighted by Gasteiger charge is -2.42. The maximum atomic E-state index is 11.9. The van der Waals surface area contributed by atoms with Crippen molar-refractivity contribution in [3.8, 4) is 0 Å².